The van der Waals surface area contributed by atoms with Crippen molar-refractivity contribution in [1.82, 2.24) is 14.9 Å². The Morgan fingerprint density at radius 2 is 1.92 bits per heavy atom. The van der Waals surface area contributed by atoms with E-state index in [1.54, 1.807) is 0 Å². The van der Waals surface area contributed by atoms with E-state index in [0.717, 1.165) is 64.1 Å². The Bertz CT molecular complexity index is 675. The van der Waals surface area contributed by atoms with Gasteiger partial charge in [0.05, 0.1) is 13.2 Å². The molecule has 2 saturated heterocycles. The molecule has 0 aliphatic carbocycles. The molecule has 2 aliphatic rings. The quantitative estimate of drug-likeness (QED) is 0.899. The first-order valence-electron chi connectivity index (χ1n) is 9.05. The zero-order valence-electron chi connectivity index (χ0n) is 14.5. The zero-order chi connectivity index (χ0) is 16.9. The Hall–Kier alpha value is -2.18. The monoisotopic (exact) mass is 339 g/mol. The number of nitrogens with zero attached hydrogens (tertiary/aromatic N) is 4. The number of rotatable bonds is 5. The number of nitrogens with one attached hydrogen (secondary N) is 1. The van der Waals surface area contributed by atoms with Crippen LogP contribution in [-0.2, 0) is 11.3 Å². The fourth-order valence-corrected chi connectivity index (χ4v) is 3.49. The highest BCUT2D eigenvalue weighted by molar-refractivity contribution is 5.42. The van der Waals surface area contributed by atoms with E-state index in [2.05, 4.69) is 50.4 Å². The van der Waals surface area contributed by atoms with Crippen molar-refractivity contribution < 1.29 is 4.74 Å². The van der Waals surface area contributed by atoms with Gasteiger partial charge in [-0.1, -0.05) is 30.3 Å². The zero-order valence-corrected chi connectivity index (χ0v) is 14.5. The van der Waals surface area contributed by atoms with E-state index in [1.165, 1.54) is 5.56 Å². The van der Waals surface area contributed by atoms with Crippen LogP contribution < -0.4 is 10.2 Å². The predicted molar refractivity (Wildman–Crippen MR) is 98.8 cm³/mol. The Morgan fingerprint density at radius 1 is 1.08 bits per heavy atom. The number of morpholine rings is 1. The lowest BCUT2D eigenvalue weighted by atomic mass is 10.2. The van der Waals surface area contributed by atoms with Gasteiger partial charge in [-0.05, 0) is 18.1 Å². The first-order chi connectivity index (χ1) is 12.4. The maximum atomic E-state index is 5.40. The molecule has 0 spiro atoms. The molecule has 2 fully saturated rings. The number of hydrogen-bond acceptors (Lipinski definition) is 6. The number of hydrogen-bond donors (Lipinski definition) is 1. The molecule has 0 radical (unpaired) electrons. The van der Waals surface area contributed by atoms with Crippen LogP contribution in [0.5, 0.6) is 0 Å². The maximum absolute atomic E-state index is 5.40. The van der Waals surface area contributed by atoms with Crippen LogP contribution in [0.4, 0.5) is 11.8 Å². The van der Waals surface area contributed by atoms with Gasteiger partial charge in [0.15, 0.2) is 0 Å². The van der Waals surface area contributed by atoms with Crippen LogP contribution >= 0.6 is 0 Å². The molecule has 1 aromatic carbocycles. The summed E-state index contributed by atoms with van der Waals surface area (Å²) in [5, 5.41) is 3.59. The summed E-state index contributed by atoms with van der Waals surface area (Å²) >= 11 is 0. The van der Waals surface area contributed by atoms with Crippen molar-refractivity contribution in [2.75, 3.05) is 49.6 Å². The van der Waals surface area contributed by atoms with Crippen molar-refractivity contribution in [2.24, 2.45) is 0 Å². The van der Waals surface area contributed by atoms with Crippen LogP contribution in [0.15, 0.2) is 42.6 Å². The average molecular weight is 339 g/mol. The van der Waals surface area contributed by atoms with Gasteiger partial charge in [-0.25, -0.2) is 4.98 Å². The molecular formula is C19H25N5O. The molecule has 1 unspecified atom stereocenters. The third kappa shape index (κ3) is 4.27. The Balaban J connectivity index is 1.33. The van der Waals surface area contributed by atoms with Gasteiger partial charge in [-0.3, -0.25) is 4.90 Å². The molecule has 132 valence electrons. The maximum Gasteiger partial charge on any atom is 0.227 e. The summed E-state index contributed by atoms with van der Waals surface area (Å²) in [4.78, 5) is 13.8. The van der Waals surface area contributed by atoms with E-state index < -0.39 is 0 Å². The second-order valence-electron chi connectivity index (χ2n) is 6.69. The predicted octanol–water partition coefficient (Wildman–Crippen LogP) is 2.00. The molecule has 2 aliphatic heterocycles. The third-order valence-electron chi connectivity index (χ3n) is 4.81. The number of ether oxygens (including phenoxy) is 1. The molecule has 0 saturated carbocycles. The van der Waals surface area contributed by atoms with Gasteiger partial charge in [0.1, 0.15) is 5.82 Å². The van der Waals surface area contributed by atoms with Gasteiger partial charge in [-0.2, -0.15) is 4.98 Å². The lowest BCUT2D eigenvalue weighted by Gasteiger charge is -2.27. The van der Waals surface area contributed by atoms with Crippen molar-refractivity contribution in [3.8, 4) is 0 Å². The van der Waals surface area contributed by atoms with Crippen LogP contribution in [-0.4, -0.2) is 60.3 Å². The molecule has 6 heteroatoms. The minimum atomic E-state index is 0.441. The van der Waals surface area contributed by atoms with E-state index in [0.29, 0.717) is 6.04 Å². The topological polar surface area (TPSA) is 53.5 Å². The molecule has 3 heterocycles. The van der Waals surface area contributed by atoms with E-state index >= 15 is 0 Å². The van der Waals surface area contributed by atoms with Crippen LogP contribution in [0.2, 0.25) is 0 Å². The standard InChI is InChI=1S/C19H25N5O/c1-2-4-16(5-3-1)14-23-9-7-17(15-23)21-18-6-8-20-19(22-18)24-10-12-25-13-11-24/h1-6,8,17H,7,9-15H2,(H,20,21,22). The lowest BCUT2D eigenvalue weighted by molar-refractivity contribution is 0.122. The van der Waals surface area contributed by atoms with Crippen molar-refractivity contribution >= 4 is 11.8 Å². The minimum absolute atomic E-state index is 0.441. The summed E-state index contributed by atoms with van der Waals surface area (Å²) < 4.78 is 5.40. The molecule has 0 bridgehead atoms. The van der Waals surface area contributed by atoms with Crippen molar-refractivity contribution in [1.29, 1.82) is 0 Å². The average Bonchev–Trinajstić information content (AvgIpc) is 3.10. The molecule has 1 N–H and O–H groups in total. The summed E-state index contributed by atoms with van der Waals surface area (Å²) in [6, 6.07) is 13.1. The highest BCUT2D eigenvalue weighted by Crippen LogP contribution is 2.18. The van der Waals surface area contributed by atoms with E-state index in [-0.39, 0.29) is 0 Å². The number of benzene rings is 1. The highest BCUT2D eigenvalue weighted by atomic mass is 16.5. The largest absolute Gasteiger partial charge is 0.378 e. The van der Waals surface area contributed by atoms with Gasteiger partial charge < -0.3 is 15.0 Å². The molecule has 25 heavy (non-hydrogen) atoms. The molecule has 4 rings (SSSR count). The van der Waals surface area contributed by atoms with Crippen LogP contribution in [0.3, 0.4) is 0 Å². The normalized spacial score (nSPS) is 21.4. The van der Waals surface area contributed by atoms with Crippen molar-refractivity contribution in [3.63, 3.8) is 0 Å². The Labute approximate surface area is 148 Å². The number of likely N-dealkylation sites (tertiary alicyclic amines) is 1. The molecule has 1 atom stereocenters. The van der Waals surface area contributed by atoms with Gasteiger partial charge in [0.25, 0.3) is 0 Å². The molecule has 2 aromatic rings. The summed E-state index contributed by atoms with van der Waals surface area (Å²) in [5.41, 5.74) is 1.37. The molecule has 6 nitrogen and oxygen atoms in total. The first kappa shape index (κ1) is 16.3. The SMILES string of the molecule is c1ccc(CN2CCC(Nc3ccnc(N4CCOCC4)n3)C2)cc1. The minimum Gasteiger partial charge on any atom is -0.378 e. The first-order valence-corrected chi connectivity index (χ1v) is 9.05. The van der Waals surface area contributed by atoms with Crippen LogP contribution in [0.1, 0.15) is 12.0 Å². The van der Waals surface area contributed by atoms with Gasteiger partial charge in [0.2, 0.25) is 5.95 Å². The fraction of sp³-hybridized carbons (Fsp3) is 0.474. The smallest absolute Gasteiger partial charge is 0.227 e. The van der Waals surface area contributed by atoms with E-state index in [1.807, 2.05) is 12.3 Å². The van der Waals surface area contributed by atoms with Gasteiger partial charge in [-0.15, -0.1) is 0 Å². The van der Waals surface area contributed by atoms with Gasteiger partial charge >= 0.3 is 0 Å². The summed E-state index contributed by atoms with van der Waals surface area (Å²) in [5.74, 6) is 1.72. The molecule has 0 amide bonds. The van der Waals surface area contributed by atoms with Crippen molar-refractivity contribution in [3.05, 3.63) is 48.2 Å². The van der Waals surface area contributed by atoms with Gasteiger partial charge in [0, 0.05) is 45.0 Å². The second kappa shape index (κ2) is 7.80. The molecular weight excluding hydrogens is 314 g/mol. The lowest BCUT2D eigenvalue weighted by Crippen LogP contribution is -2.37. The van der Waals surface area contributed by atoms with Crippen LogP contribution in [0.25, 0.3) is 0 Å². The third-order valence-corrected chi connectivity index (χ3v) is 4.81. The van der Waals surface area contributed by atoms with Crippen LogP contribution in [0, 0.1) is 0 Å². The summed E-state index contributed by atoms with van der Waals surface area (Å²) in [6.07, 6.45) is 2.99. The Kier molecular flexibility index (Phi) is 5.09. The Morgan fingerprint density at radius 3 is 2.76 bits per heavy atom. The van der Waals surface area contributed by atoms with E-state index in [9.17, 15) is 0 Å². The fourth-order valence-electron chi connectivity index (χ4n) is 3.49. The second-order valence-corrected chi connectivity index (χ2v) is 6.69. The summed E-state index contributed by atoms with van der Waals surface area (Å²) in [7, 11) is 0. The van der Waals surface area contributed by atoms with Crippen molar-refractivity contribution in [2.45, 2.75) is 19.0 Å². The number of aromatic nitrogens is 2. The highest BCUT2D eigenvalue weighted by Gasteiger charge is 2.23. The molecule has 1 aromatic heterocycles. The number of anilines is 2. The summed E-state index contributed by atoms with van der Waals surface area (Å²) in [6.45, 7) is 6.40. The van der Waals surface area contributed by atoms with E-state index in [4.69, 9.17) is 9.72 Å².